The monoisotopic (exact) mass is 257 g/mol. The quantitative estimate of drug-likeness (QED) is 0.740. The molecule has 0 saturated carbocycles. The van der Waals surface area contributed by atoms with Gasteiger partial charge in [0, 0.05) is 17.3 Å². The third kappa shape index (κ3) is 3.50. The number of nitrogens with one attached hydrogen (secondary N) is 1. The number of hydrogen-bond acceptors (Lipinski definition) is 1. The zero-order chi connectivity index (χ0) is 14.4. The Kier molecular flexibility index (Phi) is 5.88. The Morgan fingerprint density at radius 2 is 1.95 bits per heavy atom. The second kappa shape index (κ2) is 7.18. The Labute approximate surface area is 118 Å². The smallest absolute Gasteiger partial charge is 0.0378 e. The van der Waals surface area contributed by atoms with Gasteiger partial charge in [0.1, 0.15) is 0 Å². The molecule has 2 atom stereocenters. The lowest BCUT2D eigenvalue weighted by Crippen LogP contribution is -2.28. The fourth-order valence-corrected chi connectivity index (χ4v) is 2.28. The van der Waals surface area contributed by atoms with Crippen molar-refractivity contribution in [2.45, 2.75) is 41.0 Å². The molecule has 1 N–H and O–H groups in total. The number of allylic oxidation sites excluding steroid dienone is 7. The Bertz CT molecular complexity index is 446. The molecule has 0 heterocycles. The van der Waals surface area contributed by atoms with E-state index in [1.807, 2.05) is 13.8 Å². The van der Waals surface area contributed by atoms with Crippen LogP contribution in [0.4, 0.5) is 0 Å². The van der Waals surface area contributed by atoms with Crippen LogP contribution in [0.3, 0.4) is 0 Å². The standard InChI is InChI=1S/C16H21N.C2H6/c1-5-14-7-6-8-15(10-9-14)17-16-12(3)11(2)13(16)4;1-2/h6-10,12,14,17H,2,5H2,1,3-4H3;1-2H3. The highest BCUT2D eigenvalue weighted by molar-refractivity contribution is 5.49. The molecular weight excluding hydrogens is 230 g/mol. The van der Waals surface area contributed by atoms with E-state index < -0.39 is 0 Å². The molecule has 0 aliphatic heterocycles. The van der Waals surface area contributed by atoms with Crippen molar-refractivity contribution in [1.29, 1.82) is 0 Å². The second-order valence-corrected chi connectivity index (χ2v) is 4.85. The van der Waals surface area contributed by atoms with E-state index >= 15 is 0 Å². The largest absolute Gasteiger partial charge is 0.358 e. The molecule has 1 nitrogen and oxygen atoms in total. The average molecular weight is 257 g/mol. The summed E-state index contributed by atoms with van der Waals surface area (Å²) < 4.78 is 0. The SMILES string of the molecule is C=C1C(C)=C(NC2=CC=CC(CC)C=C2)C1C.CC. The van der Waals surface area contributed by atoms with Crippen molar-refractivity contribution in [3.63, 3.8) is 0 Å². The van der Waals surface area contributed by atoms with Crippen molar-refractivity contribution in [2.75, 3.05) is 0 Å². The van der Waals surface area contributed by atoms with Crippen LogP contribution < -0.4 is 5.32 Å². The summed E-state index contributed by atoms with van der Waals surface area (Å²) >= 11 is 0. The fourth-order valence-electron chi connectivity index (χ4n) is 2.28. The first-order valence-corrected chi connectivity index (χ1v) is 7.37. The zero-order valence-corrected chi connectivity index (χ0v) is 13.0. The van der Waals surface area contributed by atoms with Crippen molar-refractivity contribution in [3.05, 3.63) is 59.5 Å². The molecule has 104 valence electrons. The van der Waals surface area contributed by atoms with Crippen LogP contribution in [0.25, 0.3) is 0 Å². The minimum Gasteiger partial charge on any atom is -0.358 e. The molecule has 0 aromatic carbocycles. The van der Waals surface area contributed by atoms with Gasteiger partial charge in [-0.1, -0.05) is 52.5 Å². The highest BCUT2D eigenvalue weighted by atomic mass is 14.9. The summed E-state index contributed by atoms with van der Waals surface area (Å²) in [7, 11) is 0. The van der Waals surface area contributed by atoms with Gasteiger partial charge in [-0.2, -0.15) is 0 Å². The topological polar surface area (TPSA) is 12.0 Å². The molecule has 0 radical (unpaired) electrons. The summed E-state index contributed by atoms with van der Waals surface area (Å²) in [4.78, 5) is 0. The lowest BCUT2D eigenvalue weighted by Gasteiger charge is -2.33. The van der Waals surface area contributed by atoms with E-state index in [1.165, 1.54) is 22.5 Å². The molecule has 2 aliphatic carbocycles. The first-order valence-electron chi connectivity index (χ1n) is 7.37. The summed E-state index contributed by atoms with van der Waals surface area (Å²) in [5.41, 5.74) is 5.06. The Hall–Kier alpha value is -1.50. The lowest BCUT2D eigenvalue weighted by molar-refractivity contribution is 0.664. The summed E-state index contributed by atoms with van der Waals surface area (Å²) in [5, 5.41) is 3.51. The van der Waals surface area contributed by atoms with E-state index in [0.29, 0.717) is 11.8 Å². The van der Waals surface area contributed by atoms with Gasteiger partial charge >= 0.3 is 0 Å². The average Bonchev–Trinajstić information content (AvgIpc) is 2.70. The number of rotatable bonds is 3. The van der Waals surface area contributed by atoms with Gasteiger partial charge in [0.2, 0.25) is 0 Å². The van der Waals surface area contributed by atoms with Crippen LogP contribution in [0.2, 0.25) is 0 Å². The van der Waals surface area contributed by atoms with Gasteiger partial charge in [-0.3, -0.25) is 0 Å². The summed E-state index contributed by atoms with van der Waals surface area (Å²) in [6.07, 6.45) is 12.1. The zero-order valence-electron chi connectivity index (χ0n) is 13.0. The van der Waals surface area contributed by atoms with Crippen LogP contribution in [0, 0.1) is 11.8 Å². The van der Waals surface area contributed by atoms with Crippen LogP contribution in [0.1, 0.15) is 41.0 Å². The molecule has 2 unspecified atom stereocenters. The maximum Gasteiger partial charge on any atom is 0.0378 e. The first-order chi connectivity index (χ1) is 9.13. The lowest BCUT2D eigenvalue weighted by atomic mass is 9.79. The van der Waals surface area contributed by atoms with Gasteiger partial charge < -0.3 is 5.32 Å². The van der Waals surface area contributed by atoms with Gasteiger partial charge in [0.05, 0.1) is 0 Å². The molecule has 19 heavy (non-hydrogen) atoms. The second-order valence-electron chi connectivity index (χ2n) is 4.85. The molecule has 0 aromatic heterocycles. The van der Waals surface area contributed by atoms with Gasteiger partial charge in [-0.15, -0.1) is 0 Å². The molecule has 2 aliphatic rings. The molecule has 0 spiro atoms. The maximum absolute atomic E-state index is 4.06. The van der Waals surface area contributed by atoms with Gasteiger partial charge in [-0.25, -0.2) is 0 Å². The third-order valence-corrected chi connectivity index (χ3v) is 3.75. The predicted octanol–water partition coefficient (Wildman–Crippen LogP) is 5.12. The van der Waals surface area contributed by atoms with Crippen LogP contribution in [-0.2, 0) is 0 Å². The van der Waals surface area contributed by atoms with Crippen LogP contribution in [-0.4, -0.2) is 0 Å². The molecular formula is C18H27N. The Morgan fingerprint density at radius 3 is 2.53 bits per heavy atom. The van der Waals surface area contributed by atoms with Crippen LogP contribution >= 0.6 is 0 Å². The normalized spacial score (nSPS) is 25.1. The summed E-state index contributed by atoms with van der Waals surface area (Å²) in [5.74, 6) is 1.04. The van der Waals surface area contributed by atoms with E-state index in [2.05, 4.69) is 63.0 Å². The molecule has 0 bridgehead atoms. The van der Waals surface area contributed by atoms with Crippen LogP contribution in [0.5, 0.6) is 0 Å². The molecule has 0 amide bonds. The summed E-state index contributed by atoms with van der Waals surface area (Å²) in [6, 6.07) is 0. The van der Waals surface area contributed by atoms with E-state index in [4.69, 9.17) is 0 Å². The molecule has 1 heteroatoms. The first kappa shape index (κ1) is 15.6. The molecule has 0 fully saturated rings. The Balaban J connectivity index is 0.000000861. The van der Waals surface area contributed by atoms with Gasteiger partial charge in [0.25, 0.3) is 0 Å². The Morgan fingerprint density at radius 1 is 1.26 bits per heavy atom. The van der Waals surface area contributed by atoms with Crippen molar-refractivity contribution in [2.24, 2.45) is 11.8 Å². The molecule has 2 rings (SSSR count). The minimum absolute atomic E-state index is 0.471. The maximum atomic E-state index is 4.06. The van der Waals surface area contributed by atoms with E-state index in [-0.39, 0.29) is 0 Å². The fraction of sp³-hybridized carbons (Fsp3) is 0.444. The number of hydrogen-bond donors (Lipinski definition) is 1. The summed E-state index contributed by atoms with van der Waals surface area (Å²) in [6.45, 7) is 14.6. The molecule has 0 aromatic rings. The predicted molar refractivity (Wildman–Crippen MR) is 85.6 cm³/mol. The molecule has 0 saturated heterocycles. The van der Waals surface area contributed by atoms with Gasteiger partial charge in [0.15, 0.2) is 0 Å². The van der Waals surface area contributed by atoms with Gasteiger partial charge in [-0.05, 0) is 42.6 Å². The van der Waals surface area contributed by atoms with E-state index in [1.54, 1.807) is 0 Å². The van der Waals surface area contributed by atoms with Crippen molar-refractivity contribution in [3.8, 4) is 0 Å². The van der Waals surface area contributed by atoms with E-state index in [9.17, 15) is 0 Å². The van der Waals surface area contributed by atoms with Crippen molar-refractivity contribution in [1.82, 2.24) is 5.32 Å². The highest BCUT2D eigenvalue weighted by Crippen LogP contribution is 2.37. The highest BCUT2D eigenvalue weighted by Gasteiger charge is 2.26. The third-order valence-electron chi connectivity index (χ3n) is 3.75. The van der Waals surface area contributed by atoms with E-state index in [0.717, 1.165) is 6.42 Å². The van der Waals surface area contributed by atoms with Crippen molar-refractivity contribution >= 4 is 0 Å². The van der Waals surface area contributed by atoms with Crippen molar-refractivity contribution < 1.29 is 0 Å². The van der Waals surface area contributed by atoms with Crippen LogP contribution in [0.15, 0.2) is 59.5 Å². The minimum atomic E-state index is 0.471.